The molecule has 1 aromatic carbocycles. The number of aliphatic hydroxyl groups is 3. The van der Waals surface area contributed by atoms with E-state index in [1.54, 1.807) is 27.0 Å². The van der Waals surface area contributed by atoms with Crippen molar-refractivity contribution < 1.29 is 32.9 Å². The standard InChI is InChI=1S/C29H32F4N6O3S/c1-10-19(30)21(32)17(22(33)20(10)31)11(2)35-28-36-12(3)18(27-38-23-13(4)34-8-7-16(23)43-27)26(39-28)37-15-9-14(29(5,6)42)24(40)25(15)41/h7-8,11,14-15,24-25,40-42H,9H2,1-6H3,(H2,35,36,37,39)/t11-,14+,15-,24-,25+/m1/s1. The van der Waals surface area contributed by atoms with Crippen LogP contribution in [-0.2, 0) is 0 Å². The van der Waals surface area contributed by atoms with E-state index in [1.165, 1.54) is 18.3 Å². The second kappa shape index (κ2) is 11.2. The minimum Gasteiger partial charge on any atom is -0.390 e. The molecule has 230 valence electrons. The zero-order chi connectivity index (χ0) is 31.5. The monoisotopic (exact) mass is 620 g/mol. The summed E-state index contributed by atoms with van der Waals surface area (Å²) in [6, 6.07) is -0.228. The Bertz CT molecular complexity index is 1680. The van der Waals surface area contributed by atoms with Crippen LogP contribution in [-0.4, -0.2) is 59.1 Å². The minimum absolute atomic E-state index is 0.123. The number of aliphatic hydroxyl groups excluding tert-OH is 2. The van der Waals surface area contributed by atoms with Crippen LogP contribution in [0.25, 0.3) is 20.8 Å². The van der Waals surface area contributed by atoms with Gasteiger partial charge < -0.3 is 26.0 Å². The van der Waals surface area contributed by atoms with Crippen LogP contribution in [0.3, 0.4) is 0 Å². The summed E-state index contributed by atoms with van der Waals surface area (Å²) >= 11 is 1.36. The highest BCUT2D eigenvalue weighted by Gasteiger charge is 2.48. The number of benzene rings is 1. The molecule has 9 nitrogen and oxygen atoms in total. The van der Waals surface area contributed by atoms with Gasteiger partial charge in [0, 0.05) is 17.7 Å². The number of aromatic nitrogens is 4. The molecule has 5 rings (SSSR count). The van der Waals surface area contributed by atoms with Crippen molar-refractivity contribution in [2.45, 2.75) is 77.9 Å². The number of aryl methyl sites for hydroxylation is 2. The number of nitrogens with one attached hydrogen (secondary N) is 2. The smallest absolute Gasteiger partial charge is 0.225 e. The molecule has 14 heteroatoms. The maximum absolute atomic E-state index is 14.8. The lowest BCUT2D eigenvalue weighted by Crippen LogP contribution is -2.40. The predicted octanol–water partition coefficient (Wildman–Crippen LogP) is 5.10. The Morgan fingerprint density at radius 1 is 0.953 bits per heavy atom. The molecule has 5 atom stereocenters. The molecule has 5 N–H and O–H groups in total. The quantitative estimate of drug-likeness (QED) is 0.141. The van der Waals surface area contributed by atoms with E-state index in [0.29, 0.717) is 27.5 Å². The number of rotatable bonds is 7. The molecule has 0 spiro atoms. The number of hydrogen-bond acceptors (Lipinski definition) is 10. The second-order valence-electron chi connectivity index (χ2n) is 11.5. The summed E-state index contributed by atoms with van der Waals surface area (Å²) in [5.74, 6) is -6.63. The zero-order valence-electron chi connectivity index (χ0n) is 24.3. The summed E-state index contributed by atoms with van der Waals surface area (Å²) in [6.45, 7) is 8.84. The van der Waals surface area contributed by atoms with Crippen LogP contribution in [0.4, 0.5) is 29.3 Å². The highest BCUT2D eigenvalue weighted by molar-refractivity contribution is 7.21. The topological polar surface area (TPSA) is 136 Å². The maximum Gasteiger partial charge on any atom is 0.225 e. The second-order valence-corrected chi connectivity index (χ2v) is 12.5. The Morgan fingerprint density at radius 2 is 1.60 bits per heavy atom. The first kappa shape index (κ1) is 31.0. The van der Waals surface area contributed by atoms with Crippen LogP contribution in [0.5, 0.6) is 0 Å². The Balaban J connectivity index is 1.59. The average Bonchev–Trinajstić information content (AvgIpc) is 3.48. The van der Waals surface area contributed by atoms with Crippen LogP contribution >= 0.6 is 11.3 Å². The summed E-state index contributed by atoms with van der Waals surface area (Å²) in [4.78, 5) is 18.0. The SMILES string of the molecule is Cc1nc(N[C@H](C)c2c(F)c(F)c(C)c(F)c2F)nc(N[C@@H]2C[C@H](C(C)(C)O)[C@@H](O)[C@H]2O)c1-c1nc2c(C)nccc2s1. The highest BCUT2D eigenvalue weighted by Crippen LogP contribution is 2.41. The van der Waals surface area contributed by atoms with Gasteiger partial charge in [-0.05, 0) is 54.0 Å². The number of hydrogen-bond donors (Lipinski definition) is 5. The van der Waals surface area contributed by atoms with Crippen molar-refractivity contribution in [2.24, 2.45) is 5.92 Å². The lowest BCUT2D eigenvalue weighted by atomic mass is 9.88. The summed E-state index contributed by atoms with van der Waals surface area (Å²) in [7, 11) is 0. The van der Waals surface area contributed by atoms with Crippen LogP contribution < -0.4 is 10.6 Å². The lowest BCUT2D eigenvalue weighted by molar-refractivity contribution is -0.0601. The van der Waals surface area contributed by atoms with Crippen LogP contribution in [0.1, 0.15) is 55.7 Å². The van der Waals surface area contributed by atoms with Gasteiger partial charge in [0.15, 0.2) is 23.3 Å². The van der Waals surface area contributed by atoms with E-state index in [-0.39, 0.29) is 18.2 Å². The van der Waals surface area contributed by atoms with E-state index >= 15 is 0 Å². The molecule has 0 radical (unpaired) electrons. The van der Waals surface area contributed by atoms with Crippen LogP contribution in [0.15, 0.2) is 12.3 Å². The van der Waals surface area contributed by atoms with Gasteiger partial charge in [0.25, 0.3) is 0 Å². The third-order valence-electron chi connectivity index (χ3n) is 8.00. The van der Waals surface area contributed by atoms with E-state index < -0.39 is 70.2 Å². The number of pyridine rings is 1. The molecule has 1 saturated carbocycles. The van der Waals surface area contributed by atoms with Crippen molar-refractivity contribution in [1.29, 1.82) is 0 Å². The lowest BCUT2D eigenvalue weighted by Gasteiger charge is -2.28. The summed E-state index contributed by atoms with van der Waals surface area (Å²) in [6.07, 6.45) is -0.638. The Kier molecular flexibility index (Phi) is 8.09. The molecule has 0 amide bonds. The highest BCUT2D eigenvalue weighted by atomic mass is 32.1. The molecule has 3 aromatic heterocycles. The molecule has 4 aromatic rings. The summed E-state index contributed by atoms with van der Waals surface area (Å²) < 4.78 is 59.0. The fourth-order valence-electron chi connectivity index (χ4n) is 5.55. The van der Waals surface area contributed by atoms with Crippen molar-refractivity contribution in [3.05, 3.63) is 58.0 Å². The molecule has 3 heterocycles. The molecule has 1 aliphatic rings. The number of nitrogens with zero attached hydrogens (tertiary/aromatic N) is 4. The van der Waals surface area contributed by atoms with Crippen molar-refractivity contribution >= 4 is 33.3 Å². The maximum atomic E-state index is 14.8. The van der Waals surface area contributed by atoms with E-state index in [2.05, 4.69) is 25.6 Å². The normalized spacial score (nSPS) is 21.4. The predicted molar refractivity (Wildman–Crippen MR) is 155 cm³/mol. The van der Waals surface area contributed by atoms with Crippen LogP contribution in [0.2, 0.25) is 0 Å². The molecule has 1 fully saturated rings. The molecular weight excluding hydrogens is 588 g/mol. The first-order chi connectivity index (χ1) is 20.1. The minimum atomic E-state index is -1.53. The van der Waals surface area contributed by atoms with Gasteiger partial charge in [-0.3, -0.25) is 4.98 Å². The van der Waals surface area contributed by atoms with Gasteiger partial charge >= 0.3 is 0 Å². The molecule has 43 heavy (non-hydrogen) atoms. The van der Waals surface area contributed by atoms with Gasteiger partial charge in [0.2, 0.25) is 5.95 Å². The third kappa shape index (κ3) is 5.52. The first-order valence-electron chi connectivity index (χ1n) is 13.6. The first-order valence-corrected chi connectivity index (χ1v) is 14.5. The average molecular weight is 621 g/mol. The Labute approximate surface area is 249 Å². The summed E-state index contributed by atoms with van der Waals surface area (Å²) in [5.41, 5.74) is -0.647. The van der Waals surface area contributed by atoms with E-state index in [0.717, 1.165) is 11.6 Å². The largest absolute Gasteiger partial charge is 0.390 e. The molecular formula is C29H32F4N6O3S. The van der Waals surface area contributed by atoms with Gasteiger partial charge in [0.05, 0.1) is 51.0 Å². The number of halogens is 4. The number of anilines is 2. The van der Waals surface area contributed by atoms with E-state index in [9.17, 15) is 32.9 Å². The summed E-state index contributed by atoms with van der Waals surface area (Å²) in [5, 5.41) is 38.5. The fraction of sp³-hybridized carbons (Fsp3) is 0.448. The Morgan fingerprint density at radius 3 is 2.19 bits per heavy atom. The van der Waals surface area contributed by atoms with E-state index in [1.807, 2.05) is 13.0 Å². The van der Waals surface area contributed by atoms with Crippen LogP contribution in [0, 0.1) is 50.0 Å². The van der Waals surface area contributed by atoms with Crippen molar-refractivity contribution in [3.8, 4) is 10.6 Å². The zero-order valence-corrected chi connectivity index (χ0v) is 25.1. The van der Waals surface area contributed by atoms with Gasteiger partial charge in [-0.2, -0.15) is 4.98 Å². The van der Waals surface area contributed by atoms with Gasteiger partial charge in [0.1, 0.15) is 22.4 Å². The van der Waals surface area contributed by atoms with E-state index in [4.69, 9.17) is 4.98 Å². The molecule has 0 saturated heterocycles. The molecule has 0 unspecified atom stereocenters. The van der Waals surface area contributed by atoms with Gasteiger partial charge in [-0.25, -0.2) is 27.5 Å². The molecule has 0 aliphatic heterocycles. The third-order valence-corrected chi connectivity index (χ3v) is 9.04. The van der Waals surface area contributed by atoms with Gasteiger partial charge in [-0.1, -0.05) is 0 Å². The van der Waals surface area contributed by atoms with Crippen molar-refractivity contribution in [1.82, 2.24) is 19.9 Å². The number of fused-ring (bicyclic) bond motifs is 1. The van der Waals surface area contributed by atoms with Crippen molar-refractivity contribution in [2.75, 3.05) is 10.6 Å². The molecule has 1 aliphatic carbocycles. The Hall–Kier alpha value is -3.46. The van der Waals surface area contributed by atoms with Gasteiger partial charge in [-0.15, -0.1) is 11.3 Å². The molecule has 0 bridgehead atoms. The van der Waals surface area contributed by atoms with Crippen molar-refractivity contribution in [3.63, 3.8) is 0 Å². The number of thiazole rings is 1. The fourth-order valence-corrected chi connectivity index (χ4v) is 6.66.